The van der Waals surface area contributed by atoms with Crippen LogP contribution in [0, 0.1) is 5.92 Å². The van der Waals surface area contributed by atoms with Crippen LogP contribution in [0.15, 0.2) is 41.7 Å². The molecule has 0 bridgehead atoms. The molecule has 1 aliphatic rings. The Labute approximate surface area is 197 Å². The van der Waals surface area contributed by atoms with E-state index in [1.54, 1.807) is 6.92 Å². The van der Waals surface area contributed by atoms with E-state index in [0.717, 1.165) is 4.90 Å². The van der Waals surface area contributed by atoms with E-state index >= 15 is 0 Å². The molecule has 3 heterocycles. The lowest BCUT2D eigenvalue weighted by molar-refractivity contribution is -0.148. The molecule has 35 heavy (non-hydrogen) atoms. The zero-order valence-corrected chi connectivity index (χ0v) is 18.8. The Balaban J connectivity index is 1.88. The summed E-state index contributed by atoms with van der Waals surface area (Å²) in [5.41, 5.74) is 5.07. The number of carbonyl (C=O) groups excluding carboxylic acids is 1. The van der Waals surface area contributed by atoms with Gasteiger partial charge in [0, 0.05) is 56.6 Å². The number of hydrogen-bond donors (Lipinski definition) is 2. The summed E-state index contributed by atoms with van der Waals surface area (Å²) in [6.45, 7) is 0.558. The van der Waals surface area contributed by atoms with Crippen molar-refractivity contribution in [1.82, 2.24) is 24.8 Å². The standard InChI is InChI=1S/C21H23F5N8O/c1-12-5-20(22,23)11-34(16(12)10-33-19-31-6-13(7-32-19)21(24,25)26)18(35)17(27)14(8-28-2)15-9-29-3-4-30-15/h3-4,6-9,12,16H,5,10-11,27H2,1-2H3,(H,31,32,33). The van der Waals surface area contributed by atoms with Crippen molar-refractivity contribution in [3.63, 3.8) is 0 Å². The lowest BCUT2D eigenvalue weighted by Gasteiger charge is -2.43. The summed E-state index contributed by atoms with van der Waals surface area (Å²) in [6.07, 6.45) is 1.55. The van der Waals surface area contributed by atoms with Crippen LogP contribution in [0.4, 0.5) is 27.9 Å². The number of halogens is 5. The number of hydrogen-bond acceptors (Lipinski definition) is 8. The van der Waals surface area contributed by atoms with E-state index < -0.39 is 48.5 Å². The van der Waals surface area contributed by atoms with Crippen molar-refractivity contribution in [1.29, 1.82) is 0 Å². The number of rotatable bonds is 6. The summed E-state index contributed by atoms with van der Waals surface area (Å²) in [7, 11) is 1.45. The number of allylic oxidation sites excluding steroid dienone is 1. The SMILES string of the molecule is CN=CC(=C(N)C(=O)N1CC(F)(F)CC(C)C1CNc1ncc(C(F)(F)F)cn1)c1cnccn1. The number of aliphatic imine (C=N–C) groups is 1. The number of nitrogens with two attached hydrogens (primary N) is 1. The van der Waals surface area contributed by atoms with E-state index in [4.69, 9.17) is 5.73 Å². The normalized spacial score (nSPS) is 21.1. The largest absolute Gasteiger partial charge is 0.419 e. The topological polar surface area (TPSA) is 122 Å². The average molecular weight is 498 g/mol. The monoisotopic (exact) mass is 498 g/mol. The smallest absolute Gasteiger partial charge is 0.394 e. The van der Waals surface area contributed by atoms with Crippen molar-refractivity contribution < 1.29 is 26.7 Å². The average Bonchev–Trinajstić information content (AvgIpc) is 2.80. The lowest BCUT2D eigenvalue weighted by atomic mass is 9.88. The number of anilines is 1. The quantitative estimate of drug-likeness (QED) is 0.357. The van der Waals surface area contributed by atoms with Crippen LogP contribution in [0.5, 0.6) is 0 Å². The molecule has 2 aromatic rings. The fraction of sp³-hybridized carbons (Fsp3) is 0.429. The predicted molar refractivity (Wildman–Crippen MR) is 117 cm³/mol. The second-order valence-electron chi connectivity index (χ2n) is 8.02. The molecule has 188 valence electrons. The third-order valence-corrected chi connectivity index (χ3v) is 5.41. The molecule has 2 aromatic heterocycles. The van der Waals surface area contributed by atoms with Crippen LogP contribution in [0.25, 0.3) is 5.57 Å². The van der Waals surface area contributed by atoms with E-state index in [-0.39, 0.29) is 29.5 Å². The predicted octanol–water partition coefficient (Wildman–Crippen LogP) is 2.64. The molecule has 1 saturated heterocycles. The number of piperidine rings is 1. The first kappa shape index (κ1) is 25.9. The zero-order valence-electron chi connectivity index (χ0n) is 18.8. The summed E-state index contributed by atoms with van der Waals surface area (Å²) >= 11 is 0. The third kappa shape index (κ3) is 6.25. The Morgan fingerprint density at radius 2 is 1.94 bits per heavy atom. The van der Waals surface area contributed by atoms with E-state index in [1.165, 1.54) is 31.9 Å². The molecule has 2 atom stereocenters. The fourth-order valence-electron chi connectivity index (χ4n) is 3.75. The summed E-state index contributed by atoms with van der Waals surface area (Å²) < 4.78 is 67.1. The van der Waals surface area contributed by atoms with Crippen molar-refractivity contribution in [3.8, 4) is 0 Å². The van der Waals surface area contributed by atoms with Crippen molar-refractivity contribution in [2.24, 2.45) is 16.6 Å². The number of aromatic nitrogens is 4. The summed E-state index contributed by atoms with van der Waals surface area (Å²) in [5.74, 6) is -4.85. The molecule has 0 saturated carbocycles. The van der Waals surface area contributed by atoms with E-state index in [1.807, 2.05) is 0 Å². The second kappa shape index (κ2) is 10.3. The maximum absolute atomic E-state index is 14.4. The number of carbonyl (C=O) groups is 1. The van der Waals surface area contributed by atoms with Gasteiger partial charge in [-0.1, -0.05) is 6.92 Å². The maximum atomic E-state index is 14.4. The highest BCUT2D eigenvalue weighted by Gasteiger charge is 2.46. The first-order chi connectivity index (χ1) is 16.4. The molecule has 3 N–H and O–H groups in total. The van der Waals surface area contributed by atoms with Crippen LogP contribution in [-0.4, -0.2) is 69.1 Å². The van der Waals surface area contributed by atoms with Crippen LogP contribution in [0.1, 0.15) is 24.6 Å². The minimum atomic E-state index is -4.60. The van der Waals surface area contributed by atoms with Crippen LogP contribution >= 0.6 is 0 Å². The van der Waals surface area contributed by atoms with Gasteiger partial charge < -0.3 is 16.0 Å². The van der Waals surface area contributed by atoms with Crippen LogP contribution in [-0.2, 0) is 11.0 Å². The van der Waals surface area contributed by atoms with Gasteiger partial charge in [-0.15, -0.1) is 0 Å². The number of nitrogens with zero attached hydrogens (tertiary/aromatic N) is 6. The van der Waals surface area contributed by atoms with Gasteiger partial charge >= 0.3 is 6.18 Å². The van der Waals surface area contributed by atoms with Gasteiger partial charge in [-0.2, -0.15) is 13.2 Å². The number of alkyl halides is 5. The van der Waals surface area contributed by atoms with Gasteiger partial charge in [0.25, 0.3) is 11.8 Å². The van der Waals surface area contributed by atoms with Crippen molar-refractivity contribution in [2.75, 3.05) is 25.5 Å². The first-order valence-corrected chi connectivity index (χ1v) is 10.4. The highest BCUT2D eigenvalue weighted by Crippen LogP contribution is 2.35. The third-order valence-electron chi connectivity index (χ3n) is 5.41. The zero-order chi connectivity index (χ0) is 25.8. The molecule has 3 rings (SSSR count). The molecule has 14 heteroatoms. The van der Waals surface area contributed by atoms with Crippen molar-refractivity contribution in [2.45, 2.75) is 31.5 Å². The molecular formula is C21H23F5N8O. The molecule has 0 spiro atoms. The molecule has 1 aliphatic heterocycles. The molecule has 1 amide bonds. The summed E-state index contributed by atoms with van der Waals surface area (Å²) in [4.78, 5) is 33.4. The van der Waals surface area contributed by atoms with Gasteiger partial charge in [0.1, 0.15) is 5.70 Å². The van der Waals surface area contributed by atoms with E-state index in [2.05, 4.69) is 30.2 Å². The molecule has 9 nitrogen and oxygen atoms in total. The Kier molecular flexibility index (Phi) is 7.60. The van der Waals surface area contributed by atoms with Crippen molar-refractivity contribution >= 4 is 23.6 Å². The van der Waals surface area contributed by atoms with Gasteiger partial charge in [0.05, 0.1) is 30.0 Å². The molecule has 1 fully saturated rings. The van der Waals surface area contributed by atoms with Gasteiger partial charge in [-0.05, 0) is 5.92 Å². The Morgan fingerprint density at radius 3 is 2.51 bits per heavy atom. The van der Waals surface area contributed by atoms with Crippen LogP contribution in [0.3, 0.4) is 0 Å². The van der Waals surface area contributed by atoms with E-state index in [9.17, 15) is 26.7 Å². The van der Waals surface area contributed by atoms with Crippen LogP contribution < -0.4 is 11.1 Å². The van der Waals surface area contributed by atoms with Gasteiger partial charge in [-0.3, -0.25) is 19.8 Å². The molecule has 0 aromatic carbocycles. The molecule has 2 unspecified atom stereocenters. The second-order valence-corrected chi connectivity index (χ2v) is 8.02. The Morgan fingerprint density at radius 1 is 1.26 bits per heavy atom. The number of amides is 1. The molecular weight excluding hydrogens is 475 g/mol. The van der Waals surface area contributed by atoms with Gasteiger partial charge in [0.2, 0.25) is 5.95 Å². The number of likely N-dealkylation sites (tertiary alicyclic amines) is 1. The minimum Gasteiger partial charge on any atom is -0.394 e. The van der Waals surface area contributed by atoms with Gasteiger partial charge in [-0.25, -0.2) is 18.7 Å². The number of nitrogens with one attached hydrogen (secondary N) is 1. The highest BCUT2D eigenvalue weighted by molar-refractivity contribution is 6.17. The minimum absolute atomic E-state index is 0.0933. The maximum Gasteiger partial charge on any atom is 0.419 e. The Bertz CT molecular complexity index is 1090. The van der Waals surface area contributed by atoms with Gasteiger partial charge in [0.15, 0.2) is 0 Å². The van der Waals surface area contributed by atoms with Crippen LogP contribution in [0.2, 0.25) is 0 Å². The highest BCUT2D eigenvalue weighted by atomic mass is 19.4. The lowest BCUT2D eigenvalue weighted by Crippen LogP contribution is -2.58. The Hall–Kier alpha value is -3.71. The molecule has 0 aliphatic carbocycles. The van der Waals surface area contributed by atoms with E-state index in [0.29, 0.717) is 12.4 Å². The summed E-state index contributed by atoms with van der Waals surface area (Å²) in [5, 5.41) is 2.73. The fourth-order valence-corrected chi connectivity index (χ4v) is 3.75. The van der Waals surface area contributed by atoms with Crippen molar-refractivity contribution in [3.05, 3.63) is 47.9 Å². The molecule has 0 radical (unpaired) electrons. The summed E-state index contributed by atoms with van der Waals surface area (Å²) in [6, 6.07) is -0.784. The first-order valence-electron chi connectivity index (χ1n) is 10.4.